The normalized spacial score (nSPS) is 13.2. The minimum atomic E-state index is -0.705. The lowest BCUT2D eigenvalue weighted by molar-refractivity contribution is 0.280. The van der Waals surface area contributed by atoms with Crippen LogP contribution < -0.4 is 0 Å². The van der Waals surface area contributed by atoms with Gasteiger partial charge >= 0.3 is 0 Å². The van der Waals surface area contributed by atoms with Gasteiger partial charge in [0.25, 0.3) is 0 Å². The number of unbranched alkanes of at least 4 members (excludes halogenated alkanes) is 27. The second-order valence-electron chi connectivity index (χ2n) is 12.7. The number of allylic oxidation sites excluding steroid dienone is 1. The van der Waals surface area contributed by atoms with E-state index in [1.54, 1.807) is 6.08 Å². The summed E-state index contributed by atoms with van der Waals surface area (Å²) in [5.74, 6) is 3.25. The number of rotatable bonds is 32. The quantitative estimate of drug-likeness (QED) is 0.0507. The monoisotopic (exact) mass is 545 g/mol. The molecule has 0 saturated heterocycles. The highest BCUT2D eigenvalue weighted by Gasteiger charge is 1.99. The summed E-state index contributed by atoms with van der Waals surface area (Å²) in [7, 11) is 0. The zero-order valence-corrected chi connectivity index (χ0v) is 27.0. The van der Waals surface area contributed by atoms with Crippen molar-refractivity contribution < 1.29 is 5.11 Å². The highest BCUT2D eigenvalue weighted by Crippen LogP contribution is 2.17. The zero-order valence-electron chi connectivity index (χ0n) is 27.0. The van der Waals surface area contributed by atoms with E-state index in [-0.39, 0.29) is 0 Å². The molecule has 0 bridgehead atoms. The maximum Gasteiger partial charge on any atom is 0.133 e. The van der Waals surface area contributed by atoms with E-state index in [1.807, 2.05) is 6.08 Å². The van der Waals surface area contributed by atoms with Gasteiger partial charge in [0.1, 0.15) is 6.10 Å². The number of aliphatic hydroxyl groups is 1. The number of hydrogen-bond acceptors (Lipinski definition) is 1. The predicted octanol–water partition coefficient (Wildman–Crippen LogP) is 12.9. The Bertz CT molecular complexity index is 515. The summed E-state index contributed by atoms with van der Waals surface area (Å²) < 4.78 is 0. The van der Waals surface area contributed by atoms with Gasteiger partial charge in [0.05, 0.1) is 0 Å². The third-order valence-electron chi connectivity index (χ3n) is 8.75. The second kappa shape index (κ2) is 33.5. The summed E-state index contributed by atoms with van der Waals surface area (Å²) in [5, 5.41) is 9.25. The standard InChI is InChI=1S/C38H72O/c1-4-37(3)35-33-31-29-27-25-23-21-19-17-15-13-11-9-7-6-8-10-12-14-16-18-20-22-24-26-28-30-32-34-36-38(39)5-2/h2,34,36-39H,4,6-33,35H2,1,3H3/b36-34+/t37?,38-/m0/s1. The van der Waals surface area contributed by atoms with E-state index in [0.29, 0.717) is 0 Å². The summed E-state index contributed by atoms with van der Waals surface area (Å²) in [6.07, 6.45) is 50.9. The van der Waals surface area contributed by atoms with Crippen LogP contribution in [0.4, 0.5) is 0 Å². The van der Waals surface area contributed by atoms with Crippen LogP contribution in [0.3, 0.4) is 0 Å². The zero-order chi connectivity index (χ0) is 28.5. The smallest absolute Gasteiger partial charge is 0.133 e. The minimum Gasteiger partial charge on any atom is -0.377 e. The van der Waals surface area contributed by atoms with Crippen LogP contribution in [0.1, 0.15) is 206 Å². The molecule has 1 heteroatoms. The van der Waals surface area contributed by atoms with Gasteiger partial charge in [0.2, 0.25) is 0 Å². The topological polar surface area (TPSA) is 20.2 Å². The Labute approximate surface area is 247 Å². The lowest BCUT2D eigenvalue weighted by Crippen LogP contribution is -1.95. The van der Waals surface area contributed by atoms with Crippen molar-refractivity contribution in [3.8, 4) is 12.3 Å². The lowest BCUT2D eigenvalue weighted by atomic mass is 9.99. The predicted molar refractivity (Wildman–Crippen MR) is 177 cm³/mol. The molecule has 1 nitrogen and oxygen atoms in total. The molecule has 0 aromatic heterocycles. The van der Waals surface area contributed by atoms with Gasteiger partial charge < -0.3 is 5.11 Å². The first-order valence-electron chi connectivity index (χ1n) is 18.0. The molecule has 0 amide bonds. The highest BCUT2D eigenvalue weighted by molar-refractivity contribution is 5.05. The van der Waals surface area contributed by atoms with E-state index in [4.69, 9.17) is 6.42 Å². The minimum absolute atomic E-state index is 0.705. The molecule has 39 heavy (non-hydrogen) atoms. The van der Waals surface area contributed by atoms with Gasteiger partial charge in [-0.2, -0.15) is 0 Å². The number of aliphatic hydroxyl groups excluding tert-OH is 1. The molecule has 0 aromatic rings. The largest absolute Gasteiger partial charge is 0.377 e. The van der Waals surface area contributed by atoms with Crippen LogP contribution in [0, 0.1) is 18.3 Å². The molecule has 0 fully saturated rings. The van der Waals surface area contributed by atoms with E-state index in [2.05, 4.69) is 19.8 Å². The van der Waals surface area contributed by atoms with Crippen molar-refractivity contribution in [3.63, 3.8) is 0 Å². The van der Waals surface area contributed by atoms with Gasteiger partial charge in [-0.25, -0.2) is 0 Å². The molecule has 0 saturated carbocycles. The van der Waals surface area contributed by atoms with Gasteiger partial charge in [0.15, 0.2) is 0 Å². The van der Waals surface area contributed by atoms with Crippen LogP contribution in [-0.2, 0) is 0 Å². The van der Waals surface area contributed by atoms with Crippen LogP contribution in [0.15, 0.2) is 12.2 Å². The van der Waals surface area contributed by atoms with Gasteiger partial charge in [-0.15, -0.1) is 6.42 Å². The molecule has 230 valence electrons. The summed E-state index contributed by atoms with van der Waals surface area (Å²) in [5.41, 5.74) is 0. The van der Waals surface area contributed by atoms with Gasteiger partial charge in [0, 0.05) is 0 Å². The van der Waals surface area contributed by atoms with Crippen LogP contribution in [0.2, 0.25) is 0 Å². The highest BCUT2D eigenvalue weighted by atomic mass is 16.3. The van der Waals surface area contributed by atoms with Crippen LogP contribution in [0.25, 0.3) is 0 Å². The third kappa shape index (κ3) is 33.4. The Morgan fingerprint density at radius 1 is 0.513 bits per heavy atom. The first-order valence-corrected chi connectivity index (χ1v) is 18.0. The SMILES string of the molecule is C#C[C@H](O)/C=C/CCCCCCCCCCCCCCCCCCCCCCCCCCCCCC(C)CC. The molecule has 0 aliphatic heterocycles. The van der Waals surface area contributed by atoms with Crippen molar-refractivity contribution in [1.82, 2.24) is 0 Å². The Hall–Kier alpha value is -0.740. The maximum atomic E-state index is 9.25. The Kier molecular flexibility index (Phi) is 32.8. The van der Waals surface area contributed by atoms with E-state index >= 15 is 0 Å². The molecular formula is C38H72O. The van der Waals surface area contributed by atoms with Crippen molar-refractivity contribution >= 4 is 0 Å². The third-order valence-corrected chi connectivity index (χ3v) is 8.75. The van der Waals surface area contributed by atoms with Gasteiger partial charge in [-0.05, 0) is 24.8 Å². The van der Waals surface area contributed by atoms with Crippen molar-refractivity contribution in [3.05, 3.63) is 12.2 Å². The molecule has 0 aliphatic carbocycles. The molecule has 0 radical (unpaired) electrons. The van der Waals surface area contributed by atoms with E-state index in [0.717, 1.165) is 12.3 Å². The van der Waals surface area contributed by atoms with Crippen LogP contribution in [-0.4, -0.2) is 11.2 Å². The fraction of sp³-hybridized carbons (Fsp3) is 0.895. The lowest BCUT2D eigenvalue weighted by Gasteiger charge is -2.07. The molecule has 0 aliphatic rings. The average molecular weight is 545 g/mol. The molecule has 0 heterocycles. The molecule has 0 aromatic carbocycles. The average Bonchev–Trinajstić information content (AvgIpc) is 2.95. The van der Waals surface area contributed by atoms with E-state index in [9.17, 15) is 5.11 Å². The molecule has 1 N–H and O–H groups in total. The number of hydrogen-bond donors (Lipinski definition) is 1. The maximum absolute atomic E-state index is 9.25. The molecule has 1 unspecified atom stereocenters. The second-order valence-corrected chi connectivity index (χ2v) is 12.7. The Morgan fingerprint density at radius 3 is 1.08 bits per heavy atom. The van der Waals surface area contributed by atoms with Gasteiger partial charge in [-0.3, -0.25) is 0 Å². The fourth-order valence-corrected chi connectivity index (χ4v) is 5.66. The Balaban J connectivity index is 3.08. The van der Waals surface area contributed by atoms with Crippen LogP contribution in [0.5, 0.6) is 0 Å². The van der Waals surface area contributed by atoms with Crippen molar-refractivity contribution in [1.29, 1.82) is 0 Å². The van der Waals surface area contributed by atoms with E-state index in [1.165, 1.54) is 186 Å². The molecule has 2 atom stereocenters. The molecule has 0 spiro atoms. The van der Waals surface area contributed by atoms with E-state index < -0.39 is 6.10 Å². The van der Waals surface area contributed by atoms with Crippen molar-refractivity contribution in [2.75, 3.05) is 0 Å². The molecular weight excluding hydrogens is 472 g/mol. The Morgan fingerprint density at radius 2 is 0.795 bits per heavy atom. The molecule has 0 rings (SSSR count). The summed E-state index contributed by atoms with van der Waals surface area (Å²) in [6, 6.07) is 0. The summed E-state index contributed by atoms with van der Waals surface area (Å²) in [6.45, 7) is 4.72. The van der Waals surface area contributed by atoms with Crippen molar-refractivity contribution in [2.24, 2.45) is 5.92 Å². The number of terminal acetylenes is 1. The van der Waals surface area contributed by atoms with Gasteiger partial charge in [-0.1, -0.05) is 206 Å². The summed E-state index contributed by atoms with van der Waals surface area (Å²) in [4.78, 5) is 0. The first kappa shape index (κ1) is 38.3. The van der Waals surface area contributed by atoms with Crippen molar-refractivity contribution in [2.45, 2.75) is 213 Å². The first-order chi connectivity index (χ1) is 19.2. The fourth-order valence-electron chi connectivity index (χ4n) is 5.66. The summed E-state index contributed by atoms with van der Waals surface area (Å²) >= 11 is 0. The van der Waals surface area contributed by atoms with Crippen LogP contribution >= 0.6 is 0 Å².